The lowest BCUT2D eigenvalue weighted by molar-refractivity contribution is -0.135. The molecule has 0 aliphatic heterocycles. The van der Waals surface area contributed by atoms with Crippen molar-refractivity contribution < 1.29 is 18.8 Å². The van der Waals surface area contributed by atoms with Gasteiger partial charge in [-0.05, 0) is 36.2 Å². The van der Waals surface area contributed by atoms with Crippen LogP contribution >= 0.6 is 0 Å². The number of ketones is 2. The third kappa shape index (κ3) is 4.23. The van der Waals surface area contributed by atoms with Gasteiger partial charge >= 0.3 is 0 Å². The molecule has 0 spiro atoms. The molecule has 0 fully saturated rings. The van der Waals surface area contributed by atoms with Crippen molar-refractivity contribution >= 4 is 17.5 Å². The summed E-state index contributed by atoms with van der Waals surface area (Å²) in [6.07, 6.45) is 0.537. The van der Waals surface area contributed by atoms with E-state index in [-0.39, 0.29) is 11.3 Å². The maximum Gasteiger partial charge on any atom is 0.229 e. The standard InChI is InChI=1S/C21H22FNO3/c1-3-13(2)19(24)18(21(23)26)17(14-7-5-4-6-8-14)20(25)15-9-11-16(22)12-10-15/h4-13,17-18H,3H2,1-2H3,(H2,23,26). The van der Waals surface area contributed by atoms with Crippen molar-refractivity contribution in [2.45, 2.75) is 26.2 Å². The van der Waals surface area contributed by atoms with Gasteiger partial charge in [-0.25, -0.2) is 4.39 Å². The minimum absolute atomic E-state index is 0.225. The van der Waals surface area contributed by atoms with E-state index in [1.165, 1.54) is 24.3 Å². The highest BCUT2D eigenvalue weighted by Crippen LogP contribution is 2.32. The van der Waals surface area contributed by atoms with Crippen LogP contribution < -0.4 is 5.73 Å². The quantitative estimate of drug-likeness (QED) is 0.581. The number of carbonyl (C=O) groups excluding carboxylic acids is 3. The van der Waals surface area contributed by atoms with E-state index in [0.717, 1.165) is 0 Å². The van der Waals surface area contributed by atoms with Gasteiger partial charge in [-0.2, -0.15) is 0 Å². The molecule has 2 N–H and O–H groups in total. The monoisotopic (exact) mass is 355 g/mol. The molecule has 0 aliphatic rings. The number of amides is 1. The summed E-state index contributed by atoms with van der Waals surface area (Å²) >= 11 is 0. The first-order chi connectivity index (χ1) is 12.4. The summed E-state index contributed by atoms with van der Waals surface area (Å²) in [7, 11) is 0. The van der Waals surface area contributed by atoms with E-state index >= 15 is 0 Å². The summed E-state index contributed by atoms with van der Waals surface area (Å²) in [5, 5.41) is 0. The third-order valence-corrected chi connectivity index (χ3v) is 4.61. The van der Waals surface area contributed by atoms with Crippen LogP contribution in [0.1, 0.15) is 42.1 Å². The van der Waals surface area contributed by atoms with Crippen LogP contribution in [0.2, 0.25) is 0 Å². The van der Waals surface area contributed by atoms with Crippen LogP contribution in [0.25, 0.3) is 0 Å². The van der Waals surface area contributed by atoms with Crippen LogP contribution in [0.15, 0.2) is 54.6 Å². The number of primary amides is 1. The fourth-order valence-electron chi connectivity index (χ4n) is 2.93. The molecule has 0 aliphatic carbocycles. The van der Waals surface area contributed by atoms with Gasteiger partial charge in [0.1, 0.15) is 17.5 Å². The van der Waals surface area contributed by atoms with Gasteiger partial charge < -0.3 is 5.73 Å². The smallest absolute Gasteiger partial charge is 0.229 e. The molecule has 2 aromatic carbocycles. The summed E-state index contributed by atoms with van der Waals surface area (Å²) in [5.74, 6) is -4.81. The van der Waals surface area contributed by atoms with Gasteiger partial charge in [0.15, 0.2) is 5.78 Å². The summed E-state index contributed by atoms with van der Waals surface area (Å²) in [5.41, 5.74) is 6.29. The second kappa shape index (κ2) is 8.52. The van der Waals surface area contributed by atoms with E-state index in [1.807, 2.05) is 6.92 Å². The molecule has 136 valence electrons. The summed E-state index contributed by atoms with van der Waals surface area (Å²) in [6, 6.07) is 13.6. The van der Waals surface area contributed by atoms with E-state index in [0.29, 0.717) is 12.0 Å². The zero-order chi connectivity index (χ0) is 19.3. The topological polar surface area (TPSA) is 77.2 Å². The molecule has 2 rings (SSSR count). The van der Waals surface area contributed by atoms with Gasteiger partial charge in [-0.3, -0.25) is 14.4 Å². The Hall–Kier alpha value is -2.82. The van der Waals surface area contributed by atoms with Crippen molar-refractivity contribution in [3.63, 3.8) is 0 Å². The first-order valence-corrected chi connectivity index (χ1v) is 8.54. The molecule has 0 saturated carbocycles. The number of Topliss-reactive ketones (excluding diaryl/α,β-unsaturated/α-hetero) is 2. The molecular formula is C21H22FNO3. The van der Waals surface area contributed by atoms with Crippen LogP contribution in [-0.4, -0.2) is 17.5 Å². The first kappa shape index (κ1) is 19.5. The predicted octanol–water partition coefficient (Wildman–Crippen LogP) is 3.51. The Balaban J connectivity index is 2.55. The maximum absolute atomic E-state index is 13.2. The van der Waals surface area contributed by atoms with E-state index in [9.17, 15) is 18.8 Å². The fourth-order valence-corrected chi connectivity index (χ4v) is 2.93. The van der Waals surface area contributed by atoms with E-state index in [4.69, 9.17) is 5.73 Å². The number of carbonyl (C=O) groups is 3. The molecule has 0 bridgehead atoms. The summed E-state index contributed by atoms with van der Waals surface area (Å²) < 4.78 is 13.2. The zero-order valence-electron chi connectivity index (χ0n) is 14.8. The Morgan fingerprint density at radius 2 is 1.58 bits per heavy atom. The minimum atomic E-state index is -1.27. The Bertz CT molecular complexity index is 787. The molecule has 0 aromatic heterocycles. The SMILES string of the molecule is CCC(C)C(=O)C(C(N)=O)C(C(=O)c1ccc(F)cc1)c1ccccc1. The lowest BCUT2D eigenvalue weighted by Gasteiger charge is -2.25. The number of halogens is 1. The van der Waals surface area contributed by atoms with Crippen molar-refractivity contribution in [2.24, 2.45) is 17.6 Å². The van der Waals surface area contributed by atoms with E-state index in [2.05, 4.69) is 0 Å². The van der Waals surface area contributed by atoms with Gasteiger partial charge in [0.05, 0.1) is 5.92 Å². The normalized spacial score (nSPS) is 14.3. The highest BCUT2D eigenvalue weighted by molar-refractivity contribution is 6.11. The van der Waals surface area contributed by atoms with Crippen LogP contribution in [0.5, 0.6) is 0 Å². The summed E-state index contributed by atoms with van der Waals surface area (Å²) in [4.78, 5) is 38.1. The second-order valence-electron chi connectivity index (χ2n) is 6.35. The van der Waals surface area contributed by atoms with Crippen LogP contribution in [-0.2, 0) is 9.59 Å². The summed E-state index contributed by atoms with van der Waals surface area (Å²) in [6.45, 7) is 3.54. The molecule has 3 atom stereocenters. The number of nitrogens with two attached hydrogens (primary N) is 1. The van der Waals surface area contributed by atoms with Crippen molar-refractivity contribution in [1.29, 1.82) is 0 Å². The molecular weight excluding hydrogens is 333 g/mol. The van der Waals surface area contributed by atoms with E-state index < -0.39 is 35.3 Å². The lowest BCUT2D eigenvalue weighted by Crippen LogP contribution is -2.40. The average Bonchev–Trinajstić information content (AvgIpc) is 2.65. The Labute approximate surface area is 152 Å². The van der Waals surface area contributed by atoms with E-state index in [1.54, 1.807) is 37.3 Å². The van der Waals surface area contributed by atoms with Crippen LogP contribution in [0.3, 0.4) is 0 Å². The van der Waals surface area contributed by atoms with Gasteiger partial charge in [0.25, 0.3) is 0 Å². The van der Waals surface area contributed by atoms with Gasteiger partial charge in [0.2, 0.25) is 5.91 Å². The molecule has 4 nitrogen and oxygen atoms in total. The number of benzene rings is 2. The fraction of sp³-hybridized carbons (Fsp3) is 0.286. The molecule has 1 amide bonds. The predicted molar refractivity (Wildman–Crippen MR) is 97.1 cm³/mol. The van der Waals surface area contributed by atoms with Crippen molar-refractivity contribution in [1.82, 2.24) is 0 Å². The van der Waals surface area contributed by atoms with Gasteiger partial charge in [-0.1, -0.05) is 44.2 Å². The number of hydrogen-bond donors (Lipinski definition) is 1. The van der Waals surface area contributed by atoms with Crippen molar-refractivity contribution in [3.8, 4) is 0 Å². The molecule has 2 aromatic rings. The molecule has 26 heavy (non-hydrogen) atoms. The lowest BCUT2D eigenvalue weighted by atomic mass is 9.75. The van der Waals surface area contributed by atoms with Crippen molar-refractivity contribution in [3.05, 3.63) is 71.5 Å². The highest BCUT2D eigenvalue weighted by atomic mass is 19.1. The second-order valence-corrected chi connectivity index (χ2v) is 6.35. The average molecular weight is 355 g/mol. The largest absolute Gasteiger partial charge is 0.369 e. The van der Waals surface area contributed by atoms with Crippen LogP contribution in [0, 0.1) is 17.7 Å². The van der Waals surface area contributed by atoms with Crippen LogP contribution in [0.4, 0.5) is 4.39 Å². The Kier molecular flexibility index (Phi) is 6.39. The minimum Gasteiger partial charge on any atom is -0.369 e. The molecule has 0 saturated heterocycles. The van der Waals surface area contributed by atoms with Gasteiger partial charge in [0, 0.05) is 11.5 Å². The van der Waals surface area contributed by atoms with Crippen molar-refractivity contribution in [2.75, 3.05) is 0 Å². The molecule has 5 heteroatoms. The zero-order valence-corrected chi connectivity index (χ0v) is 14.8. The van der Waals surface area contributed by atoms with Gasteiger partial charge in [-0.15, -0.1) is 0 Å². The Morgan fingerprint density at radius 1 is 1.00 bits per heavy atom. The Morgan fingerprint density at radius 3 is 2.08 bits per heavy atom. The third-order valence-electron chi connectivity index (χ3n) is 4.61. The number of hydrogen-bond acceptors (Lipinski definition) is 3. The first-order valence-electron chi connectivity index (χ1n) is 8.54. The highest BCUT2D eigenvalue weighted by Gasteiger charge is 2.40. The number of rotatable bonds is 8. The molecule has 3 unspecified atom stereocenters. The maximum atomic E-state index is 13.2. The molecule has 0 radical (unpaired) electrons. The molecule has 0 heterocycles.